The molecule has 0 radical (unpaired) electrons. The number of amides is 2. The van der Waals surface area contributed by atoms with Gasteiger partial charge in [-0.2, -0.15) is 0 Å². The van der Waals surface area contributed by atoms with Gasteiger partial charge in [0.15, 0.2) is 5.11 Å². The maximum Gasteiger partial charge on any atom is 0.257 e. The Labute approximate surface area is 180 Å². The van der Waals surface area contributed by atoms with Crippen molar-refractivity contribution in [1.29, 1.82) is 0 Å². The van der Waals surface area contributed by atoms with E-state index in [1.54, 1.807) is 60.7 Å². The van der Waals surface area contributed by atoms with Gasteiger partial charge < -0.3 is 15.4 Å². The van der Waals surface area contributed by atoms with Crippen LogP contribution in [0.5, 0.6) is 5.75 Å². The van der Waals surface area contributed by atoms with Crippen molar-refractivity contribution in [3.63, 3.8) is 0 Å². The van der Waals surface area contributed by atoms with E-state index in [4.69, 9.17) is 17.0 Å². The van der Waals surface area contributed by atoms with E-state index in [0.29, 0.717) is 34.9 Å². The number of carbonyl (C=O) groups excluding carboxylic acids is 2. The van der Waals surface area contributed by atoms with E-state index in [1.807, 2.05) is 25.1 Å². The van der Waals surface area contributed by atoms with Crippen molar-refractivity contribution < 1.29 is 14.3 Å². The molecule has 2 amide bonds. The van der Waals surface area contributed by atoms with Crippen molar-refractivity contribution in [1.82, 2.24) is 5.32 Å². The van der Waals surface area contributed by atoms with Crippen LogP contribution in [0.2, 0.25) is 0 Å². The average molecular weight is 420 g/mol. The Hall–Kier alpha value is -3.71. The molecule has 3 aromatic carbocycles. The van der Waals surface area contributed by atoms with Gasteiger partial charge in [-0.3, -0.25) is 14.9 Å². The van der Waals surface area contributed by atoms with E-state index in [0.717, 1.165) is 0 Å². The van der Waals surface area contributed by atoms with Gasteiger partial charge in [-0.05, 0) is 61.6 Å². The quantitative estimate of drug-likeness (QED) is 0.514. The van der Waals surface area contributed by atoms with Crippen LogP contribution in [0.1, 0.15) is 27.6 Å². The molecular formula is C23H21N3O3S. The zero-order valence-electron chi connectivity index (χ0n) is 16.3. The molecule has 3 rings (SSSR count). The predicted molar refractivity (Wildman–Crippen MR) is 122 cm³/mol. The minimum atomic E-state index is -0.375. The highest BCUT2D eigenvalue weighted by atomic mass is 32.1. The molecule has 0 unspecified atom stereocenters. The van der Waals surface area contributed by atoms with Crippen LogP contribution in [-0.2, 0) is 0 Å². The number of para-hydroxylation sites is 2. The summed E-state index contributed by atoms with van der Waals surface area (Å²) >= 11 is 5.27. The first-order valence-corrected chi connectivity index (χ1v) is 9.78. The monoisotopic (exact) mass is 419 g/mol. The molecule has 0 aliphatic carbocycles. The van der Waals surface area contributed by atoms with Gasteiger partial charge in [-0.1, -0.05) is 36.4 Å². The second kappa shape index (κ2) is 10.2. The second-order valence-electron chi connectivity index (χ2n) is 6.23. The van der Waals surface area contributed by atoms with Gasteiger partial charge in [0.2, 0.25) is 0 Å². The minimum Gasteiger partial charge on any atom is -0.494 e. The SMILES string of the molecule is CCOc1cccc(C(=O)NC(=S)Nc2ccccc2C(=O)Nc2ccccc2)c1. The lowest BCUT2D eigenvalue weighted by atomic mass is 10.1. The fraction of sp³-hybridized carbons (Fsp3) is 0.0870. The number of hydrogen-bond donors (Lipinski definition) is 3. The summed E-state index contributed by atoms with van der Waals surface area (Å²) in [6.07, 6.45) is 0. The first-order chi connectivity index (χ1) is 14.6. The van der Waals surface area contributed by atoms with Gasteiger partial charge in [0, 0.05) is 11.3 Å². The number of thiocarbonyl (C=S) groups is 1. The maximum atomic E-state index is 12.7. The Morgan fingerprint density at radius 1 is 0.867 bits per heavy atom. The Morgan fingerprint density at radius 2 is 1.60 bits per heavy atom. The zero-order chi connectivity index (χ0) is 21.3. The fourth-order valence-electron chi connectivity index (χ4n) is 2.73. The molecule has 0 heterocycles. The predicted octanol–water partition coefficient (Wildman–Crippen LogP) is 4.46. The number of carbonyl (C=O) groups is 2. The summed E-state index contributed by atoms with van der Waals surface area (Å²) in [7, 11) is 0. The lowest BCUT2D eigenvalue weighted by Crippen LogP contribution is -2.34. The minimum absolute atomic E-state index is 0.0850. The average Bonchev–Trinajstić information content (AvgIpc) is 2.75. The Kier molecular flexibility index (Phi) is 7.13. The van der Waals surface area contributed by atoms with E-state index < -0.39 is 0 Å². The van der Waals surface area contributed by atoms with Crippen LogP contribution in [0.3, 0.4) is 0 Å². The molecule has 3 aromatic rings. The number of nitrogens with one attached hydrogen (secondary N) is 3. The van der Waals surface area contributed by atoms with E-state index in [1.165, 1.54) is 0 Å². The Morgan fingerprint density at radius 3 is 2.37 bits per heavy atom. The van der Waals surface area contributed by atoms with Crippen molar-refractivity contribution in [3.05, 3.63) is 90.0 Å². The lowest BCUT2D eigenvalue weighted by Gasteiger charge is -2.14. The summed E-state index contributed by atoms with van der Waals surface area (Å²) < 4.78 is 5.42. The highest BCUT2D eigenvalue weighted by molar-refractivity contribution is 7.80. The van der Waals surface area contributed by atoms with Crippen molar-refractivity contribution in [2.45, 2.75) is 6.92 Å². The van der Waals surface area contributed by atoms with E-state index in [9.17, 15) is 9.59 Å². The fourth-order valence-corrected chi connectivity index (χ4v) is 2.94. The van der Waals surface area contributed by atoms with Gasteiger partial charge in [-0.15, -0.1) is 0 Å². The van der Waals surface area contributed by atoms with Crippen LogP contribution < -0.4 is 20.7 Å². The Balaban J connectivity index is 1.67. The first kappa shape index (κ1) is 21.0. The topological polar surface area (TPSA) is 79.5 Å². The smallest absolute Gasteiger partial charge is 0.257 e. The third-order valence-corrected chi connectivity index (χ3v) is 4.29. The van der Waals surface area contributed by atoms with Crippen LogP contribution in [-0.4, -0.2) is 23.5 Å². The molecule has 7 heteroatoms. The number of rotatable bonds is 6. The number of anilines is 2. The molecule has 0 spiro atoms. The molecule has 30 heavy (non-hydrogen) atoms. The van der Waals surface area contributed by atoms with Gasteiger partial charge in [0.1, 0.15) is 5.75 Å². The van der Waals surface area contributed by atoms with Crippen molar-refractivity contribution in [2.75, 3.05) is 17.2 Å². The van der Waals surface area contributed by atoms with E-state index >= 15 is 0 Å². The number of benzene rings is 3. The molecule has 0 aliphatic rings. The van der Waals surface area contributed by atoms with Gasteiger partial charge in [0.25, 0.3) is 11.8 Å². The lowest BCUT2D eigenvalue weighted by molar-refractivity contribution is 0.0976. The number of ether oxygens (including phenoxy) is 1. The standard InChI is InChI=1S/C23H21N3O3S/c1-2-29-18-12-8-9-16(15-18)21(27)26-23(30)25-20-14-7-6-13-19(20)22(28)24-17-10-4-3-5-11-17/h3-15H,2H2,1H3,(H,24,28)(H2,25,26,27,30). The highest BCUT2D eigenvalue weighted by Crippen LogP contribution is 2.18. The molecule has 0 fully saturated rings. The van der Waals surface area contributed by atoms with Crippen molar-refractivity contribution in [3.8, 4) is 5.75 Å². The first-order valence-electron chi connectivity index (χ1n) is 9.37. The molecule has 152 valence electrons. The zero-order valence-corrected chi connectivity index (χ0v) is 17.2. The van der Waals surface area contributed by atoms with Gasteiger partial charge >= 0.3 is 0 Å². The third kappa shape index (κ3) is 5.65. The summed E-state index contributed by atoms with van der Waals surface area (Å²) in [5.74, 6) is -0.0601. The van der Waals surface area contributed by atoms with Crippen molar-refractivity contribution in [2.24, 2.45) is 0 Å². The normalized spacial score (nSPS) is 10.0. The molecular weight excluding hydrogens is 398 g/mol. The maximum absolute atomic E-state index is 12.7. The van der Waals surface area contributed by atoms with Crippen LogP contribution in [0.15, 0.2) is 78.9 Å². The summed E-state index contributed by atoms with van der Waals surface area (Å²) in [4.78, 5) is 25.2. The highest BCUT2D eigenvalue weighted by Gasteiger charge is 2.14. The second-order valence-corrected chi connectivity index (χ2v) is 6.64. The van der Waals surface area contributed by atoms with E-state index in [-0.39, 0.29) is 16.9 Å². The molecule has 0 bridgehead atoms. The molecule has 3 N–H and O–H groups in total. The van der Waals surface area contributed by atoms with Gasteiger partial charge in [-0.25, -0.2) is 0 Å². The number of hydrogen-bond acceptors (Lipinski definition) is 4. The summed E-state index contributed by atoms with van der Waals surface area (Å²) in [6.45, 7) is 2.38. The van der Waals surface area contributed by atoms with Crippen LogP contribution in [0.4, 0.5) is 11.4 Å². The Bertz CT molecular complexity index is 1050. The largest absolute Gasteiger partial charge is 0.494 e. The molecule has 0 saturated carbocycles. The third-order valence-electron chi connectivity index (χ3n) is 4.09. The van der Waals surface area contributed by atoms with Crippen LogP contribution in [0.25, 0.3) is 0 Å². The molecule has 0 atom stereocenters. The summed E-state index contributed by atoms with van der Waals surface area (Å²) in [5, 5.41) is 8.47. The van der Waals surface area contributed by atoms with Crippen LogP contribution in [0, 0.1) is 0 Å². The summed E-state index contributed by atoms with van der Waals surface area (Å²) in [5.41, 5.74) is 1.98. The van der Waals surface area contributed by atoms with Crippen molar-refractivity contribution >= 4 is 40.5 Å². The van der Waals surface area contributed by atoms with Gasteiger partial charge in [0.05, 0.1) is 17.9 Å². The van der Waals surface area contributed by atoms with Crippen LogP contribution >= 0.6 is 12.2 Å². The molecule has 0 saturated heterocycles. The summed E-state index contributed by atoms with van der Waals surface area (Å²) in [6, 6.07) is 22.9. The van der Waals surface area contributed by atoms with E-state index in [2.05, 4.69) is 16.0 Å². The molecule has 0 aliphatic heterocycles. The molecule has 0 aromatic heterocycles. The molecule has 6 nitrogen and oxygen atoms in total.